The van der Waals surface area contributed by atoms with Gasteiger partial charge < -0.3 is 0 Å². The molecule has 3 aromatic heterocycles. The first kappa shape index (κ1) is 22.5. The number of anilines is 3. The Labute approximate surface area is 210 Å². The molecule has 7 nitrogen and oxygen atoms in total. The van der Waals surface area contributed by atoms with E-state index in [4.69, 9.17) is 0 Å². The Kier molecular flexibility index (Phi) is 6.13. The first-order chi connectivity index (χ1) is 17.1. The normalized spacial score (nSPS) is 11.2. The Morgan fingerprint density at radius 1 is 1.03 bits per heavy atom. The molecule has 0 unspecified atom stereocenters. The molecule has 3 heterocycles. The van der Waals surface area contributed by atoms with E-state index in [0.717, 1.165) is 36.8 Å². The predicted molar refractivity (Wildman–Crippen MR) is 138 cm³/mol. The van der Waals surface area contributed by atoms with Crippen LogP contribution in [0, 0.1) is 22.7 Å². The van der Waals surface area contributed by atoms with E-state index in [9.17, 15) is 15.3 Å². The summed E-state index contributed by atoms with van der Waals surface area (Å²) in [5.74, 6) is 0.571. The van der Waals surface area contributed by atoms with E-state index < -0.39 is 0 Å². The average molecular weight is 539 g/mol. The van der Waals surface area contributed by atoms with Crippen molar-refractivity contribution in [2.75, 3.05) is 4.90 Å². The molecule has 5 aromatic rings. The van der Waals surface area contributed by atoms with Crippen LogP contribution in [0.15, 0.2) is 77.9 Å². The van der Waals surface area contributed by atoms with Crippen molar-refractivity contribution in [1.82, 2.24) is 14.5 Å². The summed E-state index contributed by atoms with van der Waals surface area (Å²) in [7, 11) is 1.58. The molecular formula is C26H16N6OSSe. The molecule has 2 aromatic carbocycles. The number of aromatic nitrogens is 3. The minimum absolute atomic E-state index is 0.0670. The van der Waals surface area contributed by atoms with Crippen LogP contribution in [0.3, 0.4) is 0 Å². The zero-order valence-corrected chi connectivity index (χ0v) is 20.9. The van der Waals surface area contributed by atoms with Gasteiger partial charge in [-0.25, -0.2) is 0 Å². The summed E-state index contributed by atoms with van der Waals surface area (Å²) >= 11 is 1.03. The van der Waals surface area contributed by atoms with E-state index in [-0.39, 0.29) is 25.6 Å². The molecule has 0 bridgehead atoms. The first-order valence-corrected chi connectivity index (χ1v) is 13.0. The van der Waals surface area contributed by atoms with E-state index in [2.05, 4.69) is 40.3 Å². The summed E-state index contributed by atoms with van der Waals surface area (Å²) in [5, 5.41) is 20.7. The van der Waals surface area contributed by atoms with Crippen LogP contribution in [0.1, 0.15) is 4.44 Å². The predicted octanol–water partition coefficient (Wildman–Crippen LogP) is 2.94. The second-order valence-electron chi connectivity index (χ2n) is 7.47. The van der Waals surface area contributed by atoms with Crippen LogP contribution >= 0.6 is 11.3 Å². The van der Waals surface area contributed by atoms with Gasteiger partial charge in [-0.05, 0) is 0 Å². The molecule has 0 radical (unpaired) electrons. The Morgan fingerprint density at radius 2 is 1.77 bits per heavy atom. The monoisotopic (exact) mass is 540 g/mol. The fourth-order valence-corrected chi connectivity index (χ4v) is 6.87. The van der Waals surface area contributed by atoms with Gasteiger partial charge in [-0.15, -0.1) is 0 Å². The summed E-state index contributed by atoms with van der Waals surface area (Å²) in [4.78, 5) is 23.8. The quantitative estimate of drug-likeness (QED) is 0.326. The maximum absolute atomic E-state index is 12.7. The van der Waals surface area contributed by atoms with Gasteiger partial charge >= 0.3 is 211 Å². The molecule has 0 atom stereocenters. The summed E-state index contributed by atoms with van der Waals surface area (Å²) in [6.07, 6.45) is 5.28. The van der Waals surface area contributed by atoms with Crippen molar-refractivity contribution in [3.05, 3.63) is 97.0 Å². The molecule has 0 N–H and O–H groups in total. The molecule has 0 saturated carbocycles. The van der Waals surface area contributed by atoms with Crippen molar-refractivity contribution < 1.29 is 0 Å². The van der Waals surface area contributed by atoms with Gasteiger partial charge in [-0.1, -0.05) is 0 Å². The van der Waals surface area contributed by atoms with Gasteiger partial charge in [-0.3, -0.25) is 0 Å². The van der Waals surface area contributed by atoms with Crippen molar-refractivity contribution in [1.29, 1.82) is 10.5 Å². The standard InChI is InChI=1S/C26H16N6OSSe/c1-31-24(33)22(34-25(31)19(15-27)16-28)14-21-9-10-23(35-21)32(26-29-11-4-12-30-26)20-8-7-17-5-2-3-6-18(17)13-20/h2-14H,1H3/b22-14+. The van der Waals surface area contributed by atoms with Gasteiger partial charge in [0.1, 0.15) is 0 Å². The van der Waals surface area contributed by atoms with Crippen molar-refractivity contribution in [2.24, 2.45) is 7.05 Å². The number of thiazole rings is 1. The second kappa shape index (κ2) is 9.54. The number of benzene rings is 2. The first-order valence-electron chi connectivity index (χ1n) is 10.5. The number of hydrogen-bond donors (Lipinski definition) is 0. The van der Waals surface area contributed by atoms with Crippen LogP contribution < -0.4 is 19.7 Å². The van der Waals surface area contributed by atoms with E-state index in [0.29, 0.717) is 15.1 Å². The zero-order chi connectivity index (χ0) is 24.4. The summed E-state index contributed by atoms with van der Waals surface area (Å²) in [5.41, 5.74) is 0.660. The minimum atomic E-state index is -0.226. The van der Waals surface area contributed by atoms with E-state index >= 15 is 0 Å². The van der Waals surface area contributed by atoms with Crippen molar-refractivity contribution >= 4 is 64.5 Å². The van der Waals surface area contributed by atoms with E-state index in [1.54, 1.807) is 25.5 Å². The Morgan fingerprint density at radius 3 is 2.51 bits per heavy atom. The van der Waals surface area contributed by atoms with Crippen LogP contribution in [0.25, 0.3) is 22.4 Å². The molecule has 35 heavy (non-hydrogen) atoms. The SMILES string of the molecule is Cn1c(=C(C#N)C#N)s/c(=C/c2ccc(N(c3ccc4ccccc4c3)c3ncccn3)[se]2)c1=O. The molecule has 0 aliphatic heterocycles. The molecule has 0 saturated heterocycles. The average Bonchev–Trinajstić information content (AvgIpc) is 3.46. The zero-order valence-electron chi connectivity index (χ0n) is 18.4. The molecule has 0 amide bonds. The van der Waals surface area contributed by atoms with Crippen LogP contribution in [-0.4, -0.2) is 29.0 Å². The van der Waals surface area contributed by atoms with Gasteiger partial charge in [0.15, 0.2) is 0 Å². The topological polar surface area (TPSA) is 98.6 Å². The Bertz CT molecular complexity index is 1810. The molecule has 0 fully saturated rings. The van der Waals surface area contributed by atoms with Gasteiger partial charge in [0.2, 0.25) is 0 Å². The van der Waals surface area contributed by atoms with Crippen LogP contribution in [0.2, 0.25) is 0 Å². The number of hydrogen-bond acceptors (Lipinski definition) is 7. The summed E-state index contributed by atoms with van der Waals surface area (Å²) in [6.45, 7) is 0. The number of nitrogens with zero attached hydrogens (tertiary/aromatic N) is 6. The number of rotatable bonds is 4. The van der Waals surface area contributed by atoms with E-state index in [1.165, 1.54) is 4.57 Å². The molecule has 5 rings (SSSR count). The van der Waals surface area contributed by atoms with Crippen molar-refractivity contribution in [2.45, 2.75) is 0 Å². The number of fused-ring (bicyclic) bond motifs is 1. The third kappa shape index (κ3) is 4.32. The third-order valence-electron chi connectivity index (χ3n) is 5.31. The van der Waals surface area contributed by atoms with E-state index in [1.807, 2.05) is 47.4 Å². The molecule has 168 valence electrons. The fraction of sp³-hybridized carbons (Fsp3) is 0.0385. The van der Waals surface area contributed by atoms with Gasteiger partial charge in [0, 0.05) is 0 Å². The second-order valence-corrected chi connectivity index (χ2v) is 10.8. The Balaban J connectivity index is 1.63. The van der Waals surface area contributed by atoms with Gasteiger partial charge in [0.05, 0.1) is 0 Å². The Hall–Kier alpha value is -4.27. The van der Waals surface area contributed by atoms with Crippen LogP contribution in [-0.2, 0) is 7.05 Å². The van der Waals surface area contributed by atoms with Gasteiger partial charge in [-0.2, -0.15) is 0 Å². The van der Waals surface area contributed by atoms with Crippen LogP contribution in [0.4, 0.5) is 16.2 Å². The summed E-state index contributed by atoms with van der Waals surface area (Å²) in [6, 6.07) is 24.0. The van der Waals surface area contributed by atoms with Crippen LogP contribution in [0.5, 0.6) is 0 Å². The molecular weight excluding hydrogens is 523 g/mol. The summed E-state index contributed by atoms with van der Waals surface area (Å²) < 4.78 is 4.23. The molecule has 9 heteroatoms. The third-order valence-corrected chi connectivity index (χ3v) is 8.63. The molecule has 0 aliphatic carbocycles. The fourth-order valence-electron chi connectivity index (χ4n) is 3.64. The maximum atomic E-state index is 12.7. The van der Waals surface area contributed by atoms with Crippen molar-refractivity contribution in [3.8, 4) is 12.1 Å². The van der Waals surface area contributed by atoms with Crippen molar-refractivity contribution in [3.63, 3.8) is 0 Å². The molecule has 0 aliphatic rings. The molecule has 0 spiro atoms. The van der Waals surface area contributed by atoms with Gasteiger partial charge in [0.25, 0.3) is 0 Å². The number of nitriles is 2.